The van der Waals surface area contributed by atoms with Crippen molar-refractivity contribution in [2.24, 2.45) is 0 Å². The van der Waals surface area contributed by atoms with E-state index in [2.05, 4.69) is 20.8 Å². The Kier molecular flexibility index (Phi) is 8.71. The van der Waals surface area contributed by atoms with E-state index in [4.69, 9.17) is 0 Å². The van der Waals surface area contributed by atoms with Crippen LogP contribution in [0.2, 0.25) is 0 Å². The number of nitrogens with zero attached hydrogens (tertiary/aromatic N) is 3. The lowest BCUT2D eigenvalue weighted by molar-refractivity contribution is -0.138. The number of nitrogens with one attached hydrogen (secondary N) is 2. The van der Waals surface area contributed by atoms with E-state index in [-0.39, 0.29) is 23.3 Å². The number of thioether (sulfide) groups is 1. The van der Waals surface area contributed by atoms with E-state index < -0.39 is 46.5 Å². The van der Waals surface area contributed by atoms with Gasteiger partial charge in [0.2, 0.25) is 5.91 Å². The van der Waals surface area contributed by atoms with E-state index in [1.54, 1.807) is 18.2 Å². The Labute approximate surface area is 234 Å². The van der Waals surface area contributed by atoms with Crippen LogP contribution in [0.15, 0.2) is 78.0 Å². The van der Waals surface area contributed by atoms with Gasteiger partial charge in [0.15, 0.2) is 11.0 Å². The summed E-state index contributed by atoms with van der Waals surface area (Å²) in [7, 11) is 0. The normalized spacial score (nSPS) is 11.8. The van der Waals surface area contributed by atoms with Gasteiger partial charge in [-0.2, -0.15) is 26.3 Å². The fourth-order valence-electron chi connectivity index (χ4n) is 3.87. The molecule has 0 aliphatic heterocycles. The van der Waals surface area contributed by atoms with E-state index in [0.29, 0.717) is 5.69 Å². The molecule has 2 amide bonds. The third-order valence-electron chi connectivity index (χ3n) is 5.68. The van der Waals surface area contributed by atoms with Crippen LogP contribution in [0.25, 0.3) is 5.69 Å². The lowest BCUT2D eigenvalue weighted by atomic mass is 10.1. The number of hydrogen-bond acceptors (Lipinski definition) is 5. The lowest BCUT2D eigenvalue weighted by Gasteiger charge is -2.14. The second-order valence-electron chi connectivity index (χ2n) is 8.68. The van der Waals surface area contributed by atoms with Crippen LogP contribution in [-0.4, -0.2) is 32.3 Å². The molecule has 0 bridgehead atoms. The number of para-hydroxylation sites is 1. The number of anilines is 1. The Morgan fingerprint density at radius 3 is 2.20 bits per heavy atom. The highest BCUT2D eigenvalue weighted by Crippen LogP contribution is 2.35. The molecule has 0 atom stereocenters. The van der Waals surface area contributed by atoms with Gasteiger partial charge in [-0.1, -0.05) is 48.2 Å². The number of aryl methyl sites for hydroxylation is 1. The van der Waals surface area contributed by atoms with Gasteiger partial charge in [0.25, 0.3) is 5.91 Å². The maximum absolute atomic E-state index is 13.4. The van der Waals surface area contributed by atoms with Gasteiger partial charge in [0.1, 0.15) is 0 Å². The molecule has 0 aliphatic rings. The second-order valence-corrected chi connectivity index (χ2v) is 9.62. The summed E-state index contributed by atoms with van der Waals surface area (Å²) in [5.41, 5.74) is -1.65. The Morgan fingerprint density at radius 1 is 0.854 bits per heavy atom. The first-order chi connectivity index (χ1) is 19.3. The maximum Gasteiger partial charge on any atom is 0.418 e. The molecule has 0 saturated heterocycles. The minimum absolute atomic E-state index is 0.152. The van der Waals surface area contributed by atoms with Gasteiger partial charge < -0.3 is 10.6 Å². The number of hydrogen-bond donors (Lipinski definition) is 2. The molecule has 0 radical (unpaired) electrons. The van der Waals surface area contributed by atoms with E-state index in [1.807, 2.05) is 13.0 Å². The van der Waals surface area contributed by atoms with Gasteiger partial charge in [-0.25, -0.2) is 0 Å². The molecule has 0 spiro atoms. The Morgan fingerprint density at radius 2 is 1.51 bits per heavy atom. The van der Waals surface area contributed by atoms with Crippen LogP contribution in [0, 0.1) is 6.92 Å². The summed E-state index contributed by atoms with van der Waals surface area (Å²) >= 11 is 0.880. The van der Waals surface area contributed by atoms with Crippen LogP contribution < -0.4 is 10.6 Å². The van der Waals surface area contributed by atoms with Crippen molar-refractivity contribution < 1.29 is 35.9 Å². The van der Waals surface area contributed by atoms with Crippen molar-refractivity contribution in [1.82, 2.24) is 20.1 Å². The molecule has 1 aromatic heterocycles. The average molecular weight is 594 g/mol. The number of alkyl halides is 6. The first kappa shape index (κ1) is 29.6. The highest BCUT2D eigenvalue weighted by atomic mass is 32.2. The first-order valence-electron chi connectivity index (χ1n) is 11.9. The molecule has 0 saturated carbocycles. The van der Waals surface area contributed by atoms with E-state index >= 15 is 0 Å². The summed E-state index contributed by atoms with van der Waals surface area (Å²) in [6.45, 7) is 1.51. The molecule has 0 fully saturated rings. The molecule has 4 rings (SSSR count). The number of carbonyl (C=O) groups is 2. The third kappa shape index (κ3) is 7.25. The number of halogens is 6. The van der Waals surface area contributed by atoms with Crippen molar-refractivity contribution in [2.45, 2.75) is 31.0 Å². The second kappa shape index (κ2) is 12.0. The van der Waals surface area contributed by atoms with Crippen LogP contribution in [0.3, 0.4) is 0 Å². The molecule has 0 unspecified atom stereocenters. The van der Waals surface area contributed by atoms with Crippen molar-refractivity contribution in [1.29, 1.82) is 0 Å². The molecule has 4 aromatic rings. The topological polar surface area (TPSA) is 88.9 Å². The highest BCUT2D eigenvalue weighted by Gasteiger charge is 2.35. The number of aromatic nitrogens is 3. The molecule has 1 heterocycles. The van der Waals surface area contributed by atoms with Gasteiger partial charge in [-0.15, -0.1) is 10.2 Å². The van der Waals surface area contributed by atoms with Crippen molar-refractivity contribution in [2.75, 3.05) is 11.1 Å². The molecule has 7 nitrogen and oxygen atoms in total. The Hall–Kier alpha value is -4.33. The van der Waals surface area contributed by atoms with Crippen molar-refractivity contribution in [3.63, 3.8) is 0 Å². The SMILES string of the molecule is Cc1cccc(-n2c(CNC(=O)c3ccccc3C(F)(F)F)nnc2SCC(=O)Nc2ccccc2C(F)(F)F)c1. The van der Waals surface area contributed by atoms with Crippen LogP contribution >= 0.6 is 11.8 Å². The molecule has 41 heavy (non-hydrogen) atoms. The predicted molar refractivity (Wildman–Crippen MR) is 140 cm³/mol. The zero-order valence-corrected chi connectivity index (χ0v) is 22.0. The molecule has 14 heteroatoms. The minimum Gasteiger partial charge on any atom is -0.345 e. The van der Waals surface area contributed by atoms with Crippen molar-refractivity contribution in [3.05, 3.63) is 101 Å². The fourth-order valence-corrected chi connectivity index (χ4v) is 4.64. The minimum atomic E-state index is -4.74. The predicted octanol–water partition coefficient (Wildman–Crippen LogP) is 6.27. The third-order valence-corrected chi connectivity index (χ3v) is 6.61. The maximum atomic E-state index is 13.4. The molecule has 0 aliphatic carbocycles. The molecule has 214 valence electrons. The van der Waals surface area contributed by atoms with Gasteiger partial charge in [0, 0.05) is 5.69 Å². The van der Waals surface area contributed by atoms with Crippen molar-refractivity contribution >= 4 is 29.3 Å². The molecule has 2 N–H and O–H groups in total. The standard InChI is InChI=1S/C27H21F6N5O2S/c1-16-7-6-8-17(13-16)38-22(14-34-24(40)18-9-2-3-10-19(18)26(28,29)30)36-37-25(38)41-15-23(39)35-21-12-5-4-11-20(21)27(31,32)33/h2-13H,14-15H2,1H3,(H,34,40)(H,35,39). The van der Waals surface area contributed by atoms with Crippen LogP contribution in [0.4, 0.5) is 32.0 Å². The Bertz CT molecular complexity index is 1570. The lowest BCUT2D eigenvalue weighted by Crippen LogP contribution is -2.27. The Balaban J connectivity index is 1.54. The zero-order valence-electron chi connectivity index (χ0n) is 21.2. The number of amides is 2. The zero-order chi connectivity index (χ0) is 29.8. The van der Waals surface area contributed by atoms with Gasteiger partial charge in [0.05, 0.1) is 34.7 Å². The smallest absolute Gasteiger partial charge is 0.345 e. The van der Waals surface area contributed by atoms with Crippen molar-refractivity contribution in [3.8, 4) is 5.69 Å². The van der Waals surface area contributed by atoms with E-state index in [9.17, 15) is 35.9 Å². The van der Waals surface area contributed by atoms with Gasteiger partial charge in [-0.3, -0.25) is 14.2 Å². The van der Waals surface area contributed by atoms with Crippen LogP contribution in [-0.2, 0) is 23.7 Å². The summed E-state index contributed by atoms with van der Waals surface area (Å²) in [6, 6.07) is 15.9. The monoisotopic (exact) mass is 593 g/mol. The average Bonchev–Trinajstić information content (AvgIpc) is 3.32. The molecular weight excluding hydrogens is 572 g/mol. The largest absolute Gasteiger partial charge is 0.418 e. The van der Waals surface area contributed by atoms with Gasteiger partial charge in [-0.05, 0) is 48.9 Å². The number of carbonyl (C=O) groups excluding carboxylic acids is 2. The van der Waals surface area contributed by atoms with Crippen LogP contribution in [0.5, 0.6) is 0 Å². The van der Waals surface area contributed by atoms with Crippen LogP contribution in [0.1, 0.15) is 32.9 Å². The highest BCUT2D eigenvalue weighted by molar-refractivity contribution is 7.99. The van der Waals surface area contributed by atoms with Gasteiger partial charge >= 0.3 is 12.4 Å². The molecule has 3 aromatic carbocycles. The summed E-state index contributed by atoms with van der Waals surface area (Å²) in [6.07, 6.45) is -9.40. The first-order valence-corrected chi connectivity index (χ1v) is 12.9. The molecular formula is C27H21F6N5O2S. The number of rotatable bonds is 8. The van der Waals surface area contributed by atoms with E-state index in [1.165, 1.54) is 28.8 Å². The summed E-state index contributed by atoms with van der Waals surface area (Å²) < 4.78 is 81.5. The fraction of sp³-hybridized carbons (Fsp3) is 0.185. The van der Waals surface area contributed by atoms with E-state index in [0.717, 1.165) is 41.6 Å². The summed E-state index contributed by atoms with van der Waals surface area (Å²) in [4.78, 5) is 25.2. The summed E-state index contributed by atoms with van der Waals surface area (Å²) in [5, 5.41) is 12.9. The quantitative estimate of drug-likeness (QED) is 0.186. The number of benzene rings is 3. The summed E-state index contributed by atoms with van der Waals surface area (Å²) in [5.74, 6) is -1.89.